The van der Waals surface area contributed by atoms with Gasteiger partial charge in [-0.1, -0.05) is 19.9 Å². The van der Waals surface area contributed by atoms with Crippen molar-refractivity contribution in [2.24, 2.45) is 5.92 Å². The number of hydrogen-bond donors (Lipinski definition) is 1. The molecule has 5 nitrogen and oxygen atoms in total. The zero-order valence-electron chi connectivity index (χ0n) is 18.4. The Morgan fingerprint density at radius 1 is 1.10 bits per heavy atom. The highest BCUT2D eigenvalue weighted by molar-refractivity contribution is 7.12. The molecular formula is C23H33N3O2S. The van der Waals surface area contributed by atoms with Gasteiger partial charge in [0, 0.05) is 44.0 Å². The van der Waals surface area contributed by atoms with Crippen molar-refractivity contribution in [2.45, 2.75) is 53.1 Å². The predicted molar refractivity (Wildman–Crippen MR) is 123 cm³/mol. The molecule has 0 saturated heterocycles. The lowest BCUT2D eigenvalue weighted by Crippen LogP contribution is -2.40. The van der Waals surface area contributed by atoms with Gasteiger partial charge in [-0.15, -0.1) is 11.3 Å². The number of anilines is 2. The molecule has 0 saturated carbocycles. The van der Waals surface area contributed by atoms with Crippen molar-refractivity contribution < 1.29 is 9.59 Å². The maximum absolute atomic E-state index is 13.1. The summed E-state index contributed by atoms with van der Waals surface area (Å²) in [5, 5.41) is 4.87. The number of amides is 2. The average molecular weight is 416 g/mol. The van der Waals surface area contributed by atoms with Crippen LogP contribution in [0.3, 0.4) is 0 Å². The minimum atomic E-state index is -0.114. The second kappa shape index (κ2) is 10.4. The molecule has 1 heterocycles. The van der Waals surface area contributed by atoms with Gasteiger partial charge in [0.2, 0.25) is 5.91 Å². The molecule has 1 N–H and O–H groups in total. The molecule has 0 spiro atoms. The SMILES string of the molecule is CCC(CC)C(=O)N(Cc1cc(NC(=O)c2cccs2)ccc1N(C)C)C(C)C. The highest BCUT2D eigenvalue weighted by atomic mass is 32.1. The molecule has 2 rings (SSSR count). The minimum absolute atomic E-state index is 0.0434. The lowest BCUT2D eigenvalue weighted by molar-refractivity contribution is -0.138. The number of hydrogen-bond acceptors (Lipinski definition) is 4. The molecule has 2 aromatic rings. The van der Waals surface area contributed by atoms with Crippen LogP contribution in [0.25, 0.3) is 0 Å². The summed E-state index contributed by atoms with van der Waals surface area (Å²) in [5.74, 6) is 0.127. The minimum Gasteiger partial charge on any atom is -0.377 e. The molecule has 0 radical (unpaired) electrons. The first-order valence-corrected chi connectivity index (χ1v) is 11.1. The van der Waals surface area contributed by atoms with Gasteiger partial charge < -0.3 is 15.1 Å². The highest BCUT2D eigenvalue weighted by Gasteiger charge is 2.25. The summed E-state index contributed by atoms with van der Waals surface area (Å²) >= 11 is 1.42. The lowest BCUT2D eigenvalue weighted by Gasteiger charge is -2.32. The van der Waals surface area contributed by atoms with Gasteiger partial charge in [-0.05, 0) is 61.9 Å². The van der Waals surface area contributed by atoms with E-state index in [0.29, 0.717) is 11.4 Å². The third-order valence-electron chi connectivity index (χ3n) is 5.15. The van der Waals surface area contributed by atoms with E-state index in [1.54, 1.807) is 0 Å². The van der Waals surface area contributed by atoms with Crippen molar-refractivity contribution in [3.05, 3.63) is 46.2 Å². The maximum Gasteiger partial charge on any atom is 0.265 e. The van der Waals surface area contributed by atoms with E-state index in [-0.39, 0.29) is 23.8 Å². The summed E-state index contributed by atoms with van der Waals surface area (Å²) in [5.41, 5.74) is 2.80. The Morgan fingerprint density at radius 3 is 2.31 bits per heavy atom. The van der Waals surface area contributed by atoms with Crippen LogP contribution in [0.4, 0.5) is 11.4 Å². The van der Waals surface area contributed by atoms with Crippen molar-refractivity contribution in [1.82, 2.24) is 4.90 Å². The van der Waals surface area contributed by atoms with Crippen LogP contribution in [0.5, 0.6) is 0 Å². The third kappa shape index (κ3) is 5.82. The molecule has 0 aliphatic rings. The monoisotopic (exact) mass is 415 g/mol. The molecule has 158 valence electrons. The molecule has 29 heavy (non-hydrogen) atoms. The average Bonchev–Trinajstić information content (AvgIpc) is 3.21. The van der Waals surface area contributed by atoms with E-state index in [9.17, 15) is 9.59 Å². The van der Waals surface area contributed by atoms with Gasteiger partial charge in [0.25, 0.3) is 5.91 Å². The fourth-order valence-electron chi connectivity index (χ4n) is 3.40. The zero-order chi connectivity index (χ0) is 21.6. The van der Waals surface area contributed by atoms with Crippen LogP contribution in [0.1, 0.15) is 55.8 Å². The largest absolute Gasteiger partial charge is 0.377 e. The Kier molecular flexibility index (Phi) is 8.26. The van der Waals surface area contributed by atoms with Gasteiger partial charge in [0.1, 0.15) is 0 Å². The molecule has 0 unspecified atom stereocenters. The van der Waals surface area contributed by atoms with E-state index in [0.717, 1.165) is 29.8 Å². The fraction of sp³-hybridized carbons (Fsp3) is 0.478. The number of carbonyl (C=O) groups excluding carboxylic acids is 2. The Bertz CT molecular complexity index is 812. The summed E-state index contributed by atoms with van der Waals surface area (Å²) in [7, 11) is 3.98. The van der Waals surface area contributed by atoms with Crippen molar-refractivity contribution in [1.29, 1.82) is 0 Å². The first-order chi connectivity index (χ1) is 13.8. The van der Waals surface area contributed by atoms with Crippen molar-refractivity contribution >= 4 is 34.5 Å². The van der Waals surface area contributed by atoms with Crippen LogP contribution in [-0.4, -0.2) is 36.9 Å². The molecule has 6 heteroatoms. The van der Waals surface area contributed by atoms with Gasteiger partial charge in [0.15, 0.2) is 0 Å². The van der Waals surface area contributed by atoms with E-state index in [2.05, 4.69) is 33.0 Å². The van der Waals surface area contributed by atoms with E-state index in [1.807, 2.05) is 59.6 Å². The third-order valence-corrected chi connectivity index (χ3v) is 6.01. The Morgan fingerprint density at radius 2 is 1.79 bits per heavy atom. The number of thiophene rings is 1. The molecule has 2 amide bonds. The lowest BCUT2D eigenvalue weighted by atomic mass is 10.00. The standard InChI is InChI=1S/C23H33N3O2S/c1-7-17(8-2)23(28)26(16(3)4)15-18-14-19(11-12-20(18)25(5)6)24-22(27)21-10-9-13-29-21/h9-14,16-17H,7-8,15H2,1-6H3,(H,24,27). The first-order valence-electron chi connectivity index (χ1n) is 10.2. The normalized spacial score (nSPS) is 11.0. The first kappa shape index (κ1) is 22.9. The molecule has 0 aliphatic heterocycles. The second-order valence-electron chi connectivity index (χ2n) is 7.74. The van der Waals surface area contributed by atoms with E-state index in [4.69, 9.17) is 0 Å². The molecule has 0 aliphatic carbocycles. The second-order valence-corrected chi connectivity index (χ2v) is 8.69. The van der Waals surface area contributed by atoms with Crippen LogP contribution < -0.4 is 10.2 Å². The summed E-state index contributed by atoms with van der Waals surface area (Å²) in [6.45, 7) is 8.76. The highest BCUT2D eigenvalue weighted by Crippen LogP contribution is 2.27. The van der Waals surface area contributed by atoms with Crippen LogP contribution in [-0.2, 0) is 11.3 Å². The Labute approximate surface area is 178 Å². The van der Waals surface area contributed by atoms with E-state index < -0.39 is 0 Å². The number of rotatable bonds is 9. The molecular weight excluding hydrogens is 382 g/mol. The number of nitrogens with one attached hydrogen (secondary N) is 1. The topological polar surface area (TPSA) is 52.7 Å². The van der Waals surface area contributed by atoms with E-state index in [1.165, 1.54) is 11.3 Å². The van der Waals surface area contributed by atoms with Crippen LogP contribution in [0.2, 0.25) is 0 Å². The summed E-state index contributed by atoms with van der Waals surface area (Å²) in [4.78, 5) is 30.2. The van der Waals surface area contributed by atoms with Crippen LogP contribution >= 0.6 is 11.3 Å². The van der Waals surface area contributed by atoms with Gasteiger partial charge in [-0.25, -0.2) is 0 Å². The van der Waals surface area contributed by atoms with Crippen molar-refractivity contribution in [3.8, 4) is 0 Å². The van der Waals surface area contributed by atoms with Gasteiger partial charge in [-0.2, -0.15) is 0 Å². The molecule has 1 aromatic carbocycles. The van der Waals surface area contributed by atoms with Crippen LogP contribution in [0, 0.1) is 5.92 Å². The Balaban J connectivity index is 2.32. The molecule has 0 bridgehead atoms. The summed E-state index contributed by atoms with van der Waals surface area (Å²) < 4.78 is 0. The quantitative estimate of drug-likeness (QED) is 0.609. The molecule has 1 aromatic heterocycles. The summed E-state index contributed by atoms with van der Waals surface area (Å²) in [6, 6.07) is 9.67. The van der Waals surface area contributed by atoms with E-state index >= 15 is 0 Å². The number of carbonyl (C=O) groups is 2. The maximum atomic E-state index is 13.1. The van der Waals surface area contributed by atoms with Crippen LogP contribution in [0.15, 0.2) is 35.7 Å². The van der Waals surface area contributed by atoms with Gasteiger partial charge >= 0.3 is 0 Å². The van der Waals surface area contributed by atoms with Crippen molar-refractivity contribution in [2.75, 3.05) is 24.3 Å². The predicted octanol–water partition coefficient (Wildman–Crippen LogP) is 5.24. The zero-order valence-corrected chi connectivity index (χ0v) is 19.2. The Hall–Kier alpha value is -2.34. The van der Waals surface area contributed by atoms with Gasteiger partial charge in [-0.3, -0.25) is 9.59 Å². The number of benzene rings is 1. The smallest absolute Gasteiger partial charge is 0.265 e. The number of nitrogens with zero attached hydrogens (tertiary/aromatic N) is 2. The van der Waals surface area contributed by atoms with Gasteiger partial charge in [0.05, 0.1) is 4.88 Å². The van der Waals surface area contributed by atoms with Crippen molar-refractivity contribution in [3.63, 3.8) is 0 Å². The molecule has 0 atom stereocenters. The summed E-state index contributed by atoms with van der Waals surface area (Å²) in [6.07, 6.45) is 1.69. The molecule has 0 fully saturated rings. The fourth-order valence-corrected chi connectivity index (χ4v) is 4.02.